The monoisotopic (exact) mass is 442 g/mol. The summed E-state index contributed by atoms with van der Waals surface area (Å²) < 4.78 is 5.31. The van der Waals surface area contributed by atoms with Gasteiger partial charge >= 0.3 is 0 Å². The molecule has 2 aromatic carbocycles. The van der Waals surface area contributed by atoms with Crippen LogP contribution in [0.1, 0.15) is 5.82 Å². The van der Waals surface area contributed by atoms with Gasteiger partial charge in [0.1, 0.15) is 0 Å². The zero-order valence-electron chi connectivity index (χ0n) is 18.1. The van der Waals surface area contributed by atoms with Crippen molar-refractivity contribution in [1.29, 1.82) is 0 Å². The second kappa shape index (κ2) is 7.78. The van der Waals surface area contributed by atoms with Gasteiger partial charge in [-0.1, -0.05) is 35.4 Å². The Kier molecular flexibility index (Phi) is 4.61. The van der Waals surface area contributed by atoms with Crippen molar-refractivity contribution in [3.05, 3.63) is 70.8 Å². The standard InChI is InChI=1S/C22H22N10O/c1-28-20(33)17-9-5-6-10-18(17)31-19(23-24-21(28)31)15-29-11-13-30(14-12-29)22-25-26-27-32(22)16-7-3-2-4-8-16/h2-10H,11-15H2,1H3. The van der Waals surface area contributed by atoms with E-state index >= 15 is 0 Å². The number of anilines is 1. The van der Waals surface area contributed by atoms with Crippen molar-refractivity contribution in [3.63, 3.8) is 0 Å². The van der Waals surface area contributed by atoms with Crippen LogP contribution in [0.15, 0.2) is 59.4 Å². The molecular weight excluding hydrogens is 420 g/mol. The lowest BCUT2D eigenvalue weighted by Gasteiger charge is -2.34. The van der Waals surface area contributed by atoms with Crippen LogP contribution in [0.3, 0.4) is 0 Å². The summed E-state index contributed by atoms with van der Waals surface area (Å²) in [6, 6.07) is 17.5. The minimum atomic E-state index is -0.0678. The van der Waals surface area contributed by atoms with Gasteiger partial charge in [-0.25, -0.2) is 0 Å². The van der Waals surface area contributed by atoms with E-state index in [1.165, 1.54) is 0 Å². The van der Waals surface area contributed by atoms with Crippen molar-refractivity contribution in [2.45, 2.75) is 6.54 Å². The molecule has 5 aromatic rings. The van der Waals surface area contributed by atoms with Gasteiger partial charge in [0.05, 0.1) is 23.1 Å². The maximum absolute atomic E-state index is 12.7. The van der Waals surface area contributed by atoms with Crippen LogP contribution in [-0.2, 0) is 13.6 Å². The van der Waals surface area contributed by atoms with Gasteiger partial charge in [-0.15, -0.1) is 10.2 Å². The fraction of sp³-hybridized carbons (Fsp3) is 0.273. The van der Waals surface area contributed by atoms with E-state index in [-0.39, 0.29) is 5.56 Å². The number of rotatable bonds is 4. The van der Waals surface area contributed by atoms with Crippen molar-refractivity contribution in [3.8, 4) is 5.69 Å². The molecule has 6 rings (SSSR count). The summed E-state index contributed by atoms with van der Waals surface area (Å²) in [5, 5.41) is 21.7. The molecule has 0 unspecified atom stereocenters. The summed E-state index contributed by atoms with van der Waals surface area (Å²) in [7, 11) is 1.73. The highest BCUT2D eigenvalue weighted by molar-refractivity contribution is 5.80. The minimum Gasteiger partial charge on any atom is -0.337 e. The molecule has 0 N–H and O–H groups in total. The molecule has 1 aliphatic heterocycles. The Morgan fingerprint density at radius 2 is 1.64 bits per heavy atom. The summed E-state index contributed by atoms with van der Waals surface area (Å²) in [6.45, 7) is 3.90. The van der Waals surface area contributed by atoms with E-state index < -0.39 is 0 Å². The first kappa shape index (κ1) is 19.6. The van der Waals surface area contributed by atoms with Gasteiger partial charge in [0.15, 0.2) is 5.82 Å². The molecule has 4 heterocycles. The first-order chi connectivity index (χ1) is 16.2. The maximum Gasteiger partial charge on any atom is 0.262 e. The minimum absolute atomic E-state index is 0.0678. The van der Waals surface area contributed by atoms with Crippen LogP contribution in [0.4, 0.5) is 5.95 Å². The van der Waals surface area contributed by atoms with Crippen LogP contribution in [0, 0.1) is 0 Å². The molecule has 166 valence electrons. The first-order valence-corrected chi connectivity index (χ1v) is 10.8. The number of hydrogen-bond acceptors (Lipinski definition) is 8. The van der Waals surface area contributed by atoms with Gasteiger partial charge in [-0.3, -0.25) is 18.7 Å². The van der Waals surface area contributed by atoms with E-state index in [4.69, 9.17) is 0 Å². The summed E-state index contributed by atoms with van der Waals surface area (Å²) in [4.78, 5) is 17.2. The summed E-state index contributed by atoms with van der Waals surface area (Å²) >= 11 is 0. The number of fused-ring (bicyclic) bond motifs is 3. The molecule has 0 spiro atoms. The van der Waals surface area contributed by atoms with E-state index in [9.17, 15) is 4.79 Å². The smallest absolute Gasteiger partial charge is 0.262 e. The van der Waals surface area contributed by atoms with Crippen LogP contribution in [0.2, 0.25) is 0 Å². The third-order valence-corrected chi connectivity index (χ3v) is 6.17. The van der Waals surface area contributed by atoms with Gasteiger partial charge in [0, 0.05) is 33.2 Å². The van der Waals surface area contributed by atoms with Gasteiger partial charge < -0.3 is 4.90 Å². The van der Waals surface area contributed by atoms with E-state index in [2.05, 4.69) is 35.5 Å². The molecule has 0 atom stereocenters. The van der Waals surface area contributed by atoms with Gasteiger partial charge in [0.25, 0.3) is 5.56 Å². The highest BCUT2D eigenvalue weighted by atomic mass is 16.1. The fourth-order valence-corrected chi connectivity index (χ4v) is 4.42. The zero-order chi connectivity index (χ0) is 22.4. The number of piperazine rings is 1. The highest BCUT2D eigenvalue weighted by Crippen LogP contribution is 2.19. The Labute approximate surface area is 188 Å². The van der Waals surface area contributed by atoms with Crippen LogP contribution < -0.4 is 10.5 Å². The second-order valence-electron chi connectivity index (χ2n) is 8.12. The predicted octanol–water partition coefficient (Wildman–Crippen LogP) is 0.879. The molecule has 1 saturated heterocycles. The summed E-state index contributed by atoms with van der Waals surface area (Å²) in [5.74, 6) is 2.11. The zero-order valence-corrected chi connectivity index (χ0v) is 18.1. The Morgan fingerprint density at radius 1 is 0.879 bits per heavy atom. The molecular formula is C22H22N10O. The number of aromatic nitrogens is 8. The second-order valence-corrected chi connectivity index (χ2v) is 8.12. The van der Waals surface area contributed by atoms with Crippen LogP contribution in [-0.4, -0.2) is 70.5 Å². The van der Waals surface area contributed by atoms with Crippen LogP contribution in [0.25, 0.3) is 22.4 Å². The molecule has 1 fully saturated rings. The number of aryl methyl sites for hydroxylation is 1. The van der Waals surface area contributed by atoms with E-state index in [1.54, 1.807) is 16.3 Å². The molecule has 33 heavy (non-hydrogen) atoms. The molecule has 11 nitrogen and oxygen atoms in total. The average Bonchev–Trinajstić information content (AvgIpc) is 3.52. The van der Waals surface area contributed by atoms with E-state index in [1.807, 2.05) is 59.0 Å². The predicted molar refractivity (Wildman–Crippen MR) is 122 cm³/mol. The van der Waals surface area contributed by atoms with E-state index in [0.29, 0.717) is 17.7 Å². The lowest BCUT2D eigenvalue weighted by Crippen LogP contribution is -2.47. The fourth-order valence-electron chi connectivity index (χ4n) is 4.42. The number of hydrogen-bond donors (Lipinski definition) is 0. The van der Waals surface area contributed by atoms with Crippen molar-refractivity contribution in [2.24, 2.45) is 7.05 Å². The van der Waals surface area contributed by atoms with Crippen LogP contribution in [0.5, 0.6) is 0 Å². The summed E-state index contributed by atoms with van der Waals surface area (Å²) in [5.41, 5.74) is 1.70. The number of tetrazole rings is 1. The molecule has 0 aliphatic carbocycles. The molecule has 1 aliphatic rings. The molecule has 0 saturated carbocycles. The maximum atomic E-state index is 12.7. The lowest BCUT2D eigenvalue weighted by molar-refractivity contribution is 0.242. The third-order valence-electron chi connectivity index (χ3n) is 6.17. The number of nitrogens with zero attached hydrogens (tertiary/aromatic N) is 10. The normalized spacial score (nSPS) is 15.0. The summed E-state index contributed by atoms with van der Waals surface area (Å²) in [6.07, 6.45) is 0. The largest absolute Gasteiger partial charge is 0.337 e. The van der Waals surface area contributed by atoms with Crippen molar-refractivity contribution in [2.75, 3.05) is 31.1 Å². The Bertz CT molecular complexity index is 1490. The molecule has 3 aromatic heterocycles. The Balaban J connectivity index is 1.24. The molecule has 0 radical (unpaired) electrons. The third kappa shape index (κ3) is 3.24. The van der Waals surface area contributed by atoms with Crippen molar-refractivity contribution in [1.82, 2.24) is 44.3 Å². The Morgan fingerprint density at radius 3 is 2.45 bits per heavy atom. The van der Waals surface area contributed by atoms with Gasteiger partial charge in [-0.2, -0.15) is 4.68 Å². The van der Waals surface area contributed by atoms with Gasteiger partial charge in [0.2, 0.25) is 11.7 Å². The molecule has 0 bridgehead atoms. The highest BCUT2D eigenvalue weighted by Gasteiger charge is 2.24. The number of benzene rings is 2. The van der Waals surface area contributed by atoms with Crippen molar-refractivity contribution >= 4 is 22.6 Å². The van der Waals surface area contributed by atoms with E-state index in [0.717, 1.165) is 49.2 Å². The van der Waals surface area contributed by atoms with Gasteiger partial charge in [-0.05, 0) is 34.7 Å². The topological polar surface area (TPSA) is 102 Å². The number of para-hydroxylation sites is 2. The molecule has 11 heteroatoms. The van der Waals surface area contributed by atoms with Crippen molar-refractivity contribution < 1.29 is 0 Å². The van der Waals surface area contributed by atoms with Crippen LogP contribution >= 0.6 is 0 Å². The first-order valence-electron chi connectivity index (χ1n) is 10.8. The Hall–Kier alpha value is -4.12. The lowest BCUT2D eigenvalue weighted by atomic mass is 10.2. The quantitative estimate of drug-likeness (QED) is 0.404. The molecule has 0 amide bonds. The average molecular weight is 442 g/mol. The SMILES string of the molecule is Cn1c(=O)c2ccccc2n2c(CN3CCN(c4nnnn4-c4ccccc4)CC3)nnc12.